The minimum atomic E-state index is -0.281. The molecular formula is C21H21FN2O3S2. The second-order valence-electron chi connectivity index (χ2n) is 6.19. The number of hydrogen-bond donors (Lipinski definition) is 1. The third-order valence-electron chi connectivity index (χ3n) is 4.23. The molecule has 0 saturated carbocycles. The van der Waals surface area contributed by atoms with Crippen LogP contribution in [0, 0.1) is 5.82 Å². The molecule has 0 radical (unpaired) electrons. The Morgan fingerprint density at radius 2 is 1.97 bits per heavy atom. The SMILES string of the molecule is COc1ccc(OC)c(C(C)NC(=O)CSc2nc(-c3ccc(F)cc3)cs2)c1. The lowest BCUT2D eigenvalue weighted by atomic mass is 10.1. The first kappa shape index (κ1) is 21.1. The Labute approximate surface area is 177 Å². The van der Waals surface area contributed by atoms with Gasteiger partial charge in [-0.15, -0.1) is 11.3 Å². The van der Waals surface area contributed by atoms with Crippen molar-refractivity contribution in [3.05, 3.63) is 59.2 Å². The highest BCUT2D eigenvalue weighted by atomic mass is 32.2. The molecule has 1 amide bonds. The molecule has 0 spiro atoms. The largest absolute Gasteiger partial charge is 0.497 e. The molecule has 1 aromatic heterocycles. The molecule has 29 heavy (non-hydrogen) atoms. The molecule has 1 atom stereocenters. The fraction of sp³-hybridized carbons (Fsp3) is 0.238. The van der Waals surface area contributed by atoms with Crippen molar-refractivity contribution in [2.24, 2.45) is 0 Å². The third kappa shape index (κ3) is 5.48. The number of aromatic nitrogens is 1. The van der Waals surface area contributed by atoms with Crippen LogP contribution in [-0.2, 0) is 4.79 Å². The summed E-state index contributed by atoms with van der Waals surface area (Å²) in [4.78, 5) is 16.9. The molecule has 1 heterocycles. The van der Waals surface area contributed by atoms with Crippen LogP contribution in [0.25, 0.3) is 11.3 Å². The molecule has 0 bridgehead atoms. The van der Waals surface area contributed by atoms with Crippen molar-refractivity contribution in [3.8, 4) is 22.8 Å². The average Bonchev–Trinajstić information content (AvgIpc) is 3.21. The lowest BCUT2D eigenvalue weighted by Gasteiger charge is -2.18. The molecule has 1 unspecified atom stereocenters. The van der Waals surface area contributed by atoms with Crippen molar-refractivity contribution in [1.29, 1.82) is 0 Å². The summed E-state index contributed by atoms with van der Waals surface area (Å²) < 4.78 is 24.5. The summed E-state index contributed by atoms with van der Waals surface area (Å²) in [6, 6.07) is 11.4. The summed E-state index contributed by atoms with van der Waals surface area (Å²) in [6.07, 6.45) is 0. The van der Waals surface area contributed by atoms with Gasteiger partial charge in [-0.1, -0.05) is 11.8 Å². The van der Waals surface area contributed by atoms with Crippen LogP contribution in [0.4, 0.5) is 4.39 Å². The molecule has 3 aromatic rings. The van der Waals surface area contributed by atoms with Crippen LogP contribution in [0.15, 0.2) is 52.2 Å². The van der Waals surface area contributed by atoms with Crippen molar-refractivity contribution in [2.45, 2.75) is 17.3 Å². The van der Waals surface area contributed by atoms with Crippen LogP contribution in [0.1, 0.15) is 18.5 Å². The predicted octanol–water partition coefficient (Wildman–Crippen LogP) is 4.94. The van der Waals surface area contributed by atoms with Crippen molar-refractivity contribution < 1.29 is 18.7 Å². The van der Waals surface area contributed by atoms with E-state index in [0.717, 1.165) is 21.2 Å². The highest BCUT2D eigenvalue weighted by Gasteiger charge is 2.16. The zero-order valence-corrected chi connectivity index (χ0v) is 17.9. The van der Waals surface area contributed by atoms with E-state index in [1.54, 1.807) is 26.4 Å². The summed E-state index contributed by atoms with van der Waals surface area (Å²) in [5, 5.41) is 4.88. The van der Waals surface area contributed by atoms with Gasteiger partial charge in [0.1, 0.15) is 17.3 Å². The van der Waals surface area contributed by atoms with Gasteiger partial charge in [0, 0.05) is 16.5 Å². The number of carbonyl (C=O) groups excluding carboxylic acids is 1. The lowest BCUT2D eigenvalue weighted by Crippen LogP contribution is -2.28. The van der Waals surface area contributed by atoms with Crippen LogP contribution in [0.3, 0.4) is 0 Å². The first-order valence-electron chi connectivity index (χ1n) is 8.85. The number of amides is 1. The van der Waals surface area contributed by atoms with Gasteiger partial charge in [0.15, 0.2) is 4.34 Å². The second kappa shape index (κ2) is 9.76. The van der Waals surface area contributed by atoms with Gasteiger partial charge in [0.05, 0.1) is 31.7 Å². The van der Waals surface area contributed by atoms with Gasteiger partial charge < -0.3 is 14.8 Å². The quantitative estimate of drug-likeness (QED) is 0.511. The normalized spacial score (nSPS) is 11.7. The first-order valence-corrected chi connectivity index (χ1v) is 10.7. The molecule has 8 heteroatoms. The zero-order chi connectivity index (χ0) is 20.8. The van der Waals surface area contributed by atoms with Crippen molar-refractivity contribution in [2.75, 3.05) is 20.0 Å². The molecule has 3 rings (SSSR count). The number of benzene rings is 2. The molecule has 5 nitrogen and oxygen atoms in total. The van der Waals surface area contributed by atoms with Crippen LogP contribution in [-0.4, -0.2) is 30.9 Å². The van der Waals surface area contributed by atoms with E-state index in [4.69, 9.17) is 9.47 Å². The van der Waals surface area contributed by atoms with Gasteiger partial charge in [-0.3, -0.25) is 4.79 Å². The Kier molecular flexibility index (Phi) is 7.11. The van der Waals surface area contributed by atoms with Crippen molar-refractivity contribution in [3.63, 3.8) is 0 Å². The summed E-state index contributed by atoms with van der Waals surface area (Å²) in [5.74, 6) is 1.25. The smallest absolute Gasteiger partial charge is 0.230 e. The van der Waals surface area contributed by atoms with E-state index >= 15 is 0 Å². The van der Waals surface area contributed by atoms with E-state index in [0.29, 0.717) is 11.5 Å². The number of rotatable bonds is 8. The fourth-order valence-corrected chi connectivity index (χ4v) is 4.39. The molecule has 0 aliphatic rings. The third-order valence-corrected chi connectivity index (χ3v) is 6.25. The maximum absolute atomic E-state index is 13.1. The number of nitrogens with zero attached hydrogens (tertiary/aromatic N) is 1. The number of halogens is 1. The van der Waals surface area contributed by atoms with E-state index in [-0.39, 0.29) is 23.5 Å². The molecular weight excluding hydrogens is 411 g/mol. The highest BCUT2D eigenvalue weighted by molar-refractivity contribution is 8.01. The second-order valence-corrected chi connectivity index (χ2v) is 8.27. The molecule has 0 aliphatic carbocycles. The number of thiazole rings is 1. The Hall–Kier alpha value is -2.58. The molecule has 152 valence electrons. The number of hydrogen-bond acceptors (Lipinski definition) is 6. The number of carbonyl (C=O) groups is 1. The maximum Gasteiger partial charge on any atom is 0.230 e. The molecule has 2 aromatic carbocycles. The van der Waals surface area contributed by atoms with Crippen LogP contribution in [0.5, 0.6) is 11.5 Å². The predicted molar refractivity (Wildman–Crippen MR) is 114 cm³/mol. The standard InChI is InChI=1S/C21H21FN2O3S2/c1-13(17-10-16(26-2)8-9-19(17)27-3)23-20(25)12-29-21-24-18(11-28-21)14-4-6-15(22)7-5-14/h4-11,13H,12H2,1-3H3,(H,23,25). The molecule has 0 fully saturated rings. The van der Waals surface area contributed by atoms with E-state index < -0.39 is 0 Å². The molecule has 1 N–H and O–H groups in total. The lowest BCUT2D eigenvalue weighted by molar-refractivity contribution is -0.119. The number of nitrogens with one attached hydrogen (secondary N) is 1. The van der Waals surface area contributed by atoms with Crippen LogP contribution in [0.2, 0.25) is 0 Å². The van der Waals surface area contributed by atoms with E-state index in [1.807, 2.05) is 30.5 Å². The number of methoxy groups -OCH3 is 2. The first-order chi connectivity index (χ1) is 14.0. The van der Waals surface area contributed by atoms with E-state index in [9.17, 15) is 9.18 Å². The summed E-state index contributed by atoms with van der Waals surface area (Å²) >= 11 is 2.83. The summed E-state index contributed by atoms with van der Waals surface area (Å²) in [6.45, 7) is 1.90. The Bertz CT molecular complexity index is 976. The van der Waals surface area contributed by atoms with Gasteiger partial charge in [-0.05, 0) is 49.4 Å². The van der Waals surface area contributed by atoms with Gasteiger partial charge in [0.2, 0.25) is 5.91 Å². The Balaban J connectivity index is 1.58. The fourth-order valence-electron chi connectivity index (χ4n) is 2.74. The van der Waals surface area contributed by atoms with Gasteiger partial charge in [-0.2, -0.15) is 0 Å². The summed E-state index contributed by atoms with van der Waals surface area (Å²) in [7, 11) is 3.19. The Morgan fingerprint density at radius 3 is 2.66 bits per heavy atom. The van der Waals surface area contributed by atoms with Crippen molar-refractivity contribution >= 4 is 29.0 Å². The van der Waals surface area contributed by atoms with Gasteiger partial charge in [-0.25, -0.2) is 9.37 Å². The Morgan fingerprint density at radius 1 is 1.21 bits per heavy atom. The van der Waals surface area contributed by atoms with E-state index in [2.05, 4.69) is 10.3 Å². The maximum atomic E-state index is 13.1. The topological polar surface area (TPSA) is 60.5 Å². The highest BCUT2D eigenvalue weighted by Crippen LogP contribution is 2.30. The van der Waals surface area contributed by atoms with Gasteiger partial charge >= 0.3 is 0 Å². The molecule has 0 saturated heterocycles. The molecule has 0 aliphatic heterocycles. The summed E-state index contributed by atoms with van der Waals surface area (Å²) in [5.41, 5.74) is 2.46. The number of thioether (sulfide) groups is 1. The zero-order valence-electron chi connectivity index (χ0n) is 16.3. The van der Waals surface area contributed by atoms with Gasteiger partial charge in [0.25, 0.3) is 0 Å². The average molecular weight is 433 g/mol. The van der Waals surface area contributed by atoms with Crippen LogP contribution >= 0.6 is 23.1 Å². The monoisotopic (exact) mass is 432 g/mol. The minimum Gasteiger partial charge on any atom is -0.497 e. The van der Waals surface area contributed by atoms with E-state index in [1.165, 1.54) is 35.2 Å². The number of ether oxygens (including phenoxy) is 2. The van der Waals surface area contributed by atoms with Crippen LogP contribution < -0.4 is 14.8 Å². The van der Waals surface area contributed by atoms with Crippen molar-refractivity contribution in [1.82, 2.24) is 10.3 Å². The minimum absolute atomic E-state index is 0.106.